The lowest BCUT2D eigenvalue weighted by molar-refractivity contribution is 0.0596. The smallest absolute Gasteiger partial charge is 0.358 e. The zero-order valence-corrected chi connectivity index (χ0v) is 11.2. The molecule has 0 unspecified atom stereocenters. The van der Waals surface area contributed by atoms with Gasteiger partial charge in [-0.05, 0) is 25.1 Å². The van der Waals surface area contributed by atoms with Crippen LogP contribution in [0, 0.1) is 6.92 Å². The molecule has 0 spiro atoms. The van der Waals surface area contributed by atoms with Crippen LogP contribution in [0.15, 0.2) is 36.7 Å². The van der Waals surface area contributed by atoms with Crippen molar-refractivity contribution in [2.24, 2.45) is 0 Å². The third-order valence-electron chi connectivity index (χ3n) is 3.12. The maximum absolute atomic E-state index is 11.8. The number of methoxy groups -OCH3 is 1. The Morgan fingerprint density at radius 3 is 2.90 bits per heavy atom. The van der Waals surface area contributed by atoms with Crippen LogP contribution in [-0.2, 0) is 4.74 Å². The van der Waals surface area contributed by atoms with Gasteiger partial charge in [-0.3, -0.25) is 4.98 Å². The molecule has 0 amide bonds. The second-order valence-electron chi connectivity index (χ2n) is 4.44. The summed E-state index contributed by atoms with van der Waals surface area (Å²) in [6, 6.07) is 7.65. The standard InChI is InChI=1S/C15H13N3O2/c1-9-7-10-11(12-5-3-4-6-16-12)8-17-13(10)14(18-9)15(19)20-2/h3-8,17H,1-2H3. The average Bonchev–Trinajstić information content (AvgIpc) is 2.90. The number of carbonyl (C=O) groups excluding carboxylic acids is 1. The lowest BCUT2D eigenvalue weighted by Gasteiger charge is -2.03. The summed E-state index contributed by atoms with van der Waals surface area (Å²) in [4.78, 5) is 23.5. The molecular weight excluding hydrogens is 254 g/mol. The summed E-state index contributed by atoms with van der Waals surface area (Å²) in [5.41, 5.74) is 3.51. The van der Waals surface area contributed by atoms with Gasteiger partial charge in [-0.25, -0.2) is 9.78 Å². The second-order valence-corrected chi connectivity index (χ2v) is 4.44. The van der Waals surface area contributed by atoms with Gasteiger partial charge in [0.25, 0.3) is 0 Å². The zero-order valence-electron chi connectivity index (χ0n) is 11.2. The highest BCUT2D eigenvalue weighted by Gasteiger charge is 2.17. The summed E-state index contributed by atoms with van der Waals surface area (Å²) in [6.45, 7) is 1.85. The van der Waals surface area contributed by atoms with Crippen molar-refractivity contribution >= 4 is 16.9 Å². The normalized spacial score (nSPS) is 10.7. The number of ether oxygens (including phenoxy) is 1. The molecule has 0 fully saturated rings. The van der Waals surface area contributed by atoms with Crippen molar-refractivity contribution in [1.82, 2.24) is 15.0 Å². The molecule has 0 atom stereocenters. The van der Waals surface area contributed by atoms with Gasteiger partial charge in [-0.1, -0.05) is 6.07 Å². The Morgan fingerprint density at radius 1 is 1.35 bits per heavy atom. The lowest BCUT2D eigenvalue weighted by Crippen LogP contribution is -2.06. The molecule has 0 saturated carbocycles. The number of nitrogens with zero attached hydrogens (tertiary/aromatic N) is 2. The summed E-state index contributed by atoms with van der Waals surface area (Å²) >= 11 is 0. The van der Waals surface area contributed by atoms with Crippen LogP contribution in [0.3, 0.4) is 0 Å². The first-order chi connectivity index (χ1) is 9.70. The molecule has 3 heterocycles. The van der Waals surface area contributed by atoms with Gasteiger partial charge >= 0.3 is 5.97 Å². The van der Waals surface area contributed by atoms with Crippen LogP contribution in [0.5, 0.6) is 0 Å². The number of hydrogen-bond acceptors (Lipinski definition) is 4. The topological polar surface area (TPSA) is 67.9 Å². The number of hydrogen-bond donors (Lipinski definition) is 1. The minimum atomic E-state index is -0.451. The predicted octanol–water partition coefficient (Wildman–Crippen LogP) is 2.72. The largest absolute Gasteiger partial charge is 0.464 e. The van der Waals surface area contributed by atoms with Crippen molar-refractivity contribution in [2.45, 2.75) is 6.92 Å². The zero-order chi connectivity index (χ0) is 14.1. The minimum absolute atomic E-state index is 0.296. The number of nitrogens with one attached hydrogen (secondary N) is 1. The molecule has 3 aromatic heterocycles. The molecule has 5 heteroatoms. The first-order valence-corrected chi connectivity index (χ1v) is 6.19. The highest BCUT2D eigenvalue weighted by atomic mass is 16.5. The van der Waals surface area contributed by atoms with Crippen molar-refractivity contribution in [3.05, 3.63) is 48.0 Å². The lowest BCUT2D eigenvalue weighted by atomic mass is 10.1. The van der Waals surface area contributed by atoms with Crippen LogP contribution in [0.2, 0.25) is 0 Å². The Bertz CT molecular complexity index is 778. The Labute approximate surface area is 115 Å². The molecule has 3 aromatic rings. The third-order valence-corrected chi connectivity index (χ3v) is 3.12. The van der Waals surface area contributed by atoms with E-state index in [0.717, 1.165) is 22.3 Å². The maximum Gasteiger partial charge on any atom is 0.358 e. The molecule has 0 aliphatic carbocycles. The quantitative estimate of drug-likeness (QED) is 0.725. The summed E-state index contributed by atoms with van der Waals surface area (Å²) in [5.74, 6) is -0.451. The molecule has 0 aliphatic rings. The number of aromatic nitrogens is 3. The molecule has 3 rings (SSSR count). The number of carbonyl (C=O) groups is 1. The Balaban J connectivity index is 2.28. The van der Waals surface area contributed by atoms with Gasteiger partial charge in [-0.15, -0.1) is 0 Å². The van der Waals surface area contributed by atoms with Crippen molar-refractivity contribution in [2.75, 3.05) is 7.11 Å². The fourth-order valence-electron chi connectivity index (χ4n) is 2.23. The van der Waals surface area contributed by atoms with Gasteiger partial charge in [0.1, 0.15) is 0 Å². The van der Waals surface area contributed by atoms with Gasteiger partial charge < -0.3 is 9.72 Å². The average molecular weight is 267 g/mol. The van der Waals surface area contributed by atoms with E-state index in [-0.39, 0.29) is 0 Å². The number of H-pyrrole nitrogens is 1. The highest BCUT2D eigenvalue weighted by molar-refractivity contribution is 6.05. The number of pyridine rings is 2. The van der Waals surface area contributed by atoms with Crippen molar-refractivity contribution in [3.8, 4) is 11.3 Å². The molecule has 100 valence electrons. The van der Waals surface area contributed by atoms with E-state index in [1.165, 1.54) is 7.11 Å². The van der Waals surface area contributed by atoms with Gasteiger partial charge in [0, 0.05) is 29.0 Å². The van der Waals surface area contributed by atoms with Crippen LogP contribution >= 0.6 is 0 Å². The first kappa shape index (κ1) is 12.3. The minimum Gasteiger partial charge on any atom is -0.464 e. The molecule has 0 radical (unpaired) electrons. The first-order valence-electron chi connectivity index (χ1n) is 6.19. The van der Waals surface area contributed by atoms with E-state index in [0.29, 0.717) is 11.2 Å². The number of aromatic amines is 1. The number of esters is 1. The van der Waals surface area contributed by atoms with E-state index >= 15 is 0 Å². The van der Waals surface area contributed by atoms with E-state index in [1.54, 1.807) is 6.20 Å². The monoisotopic (exact) mass is 267 g/mol. The number of rotatable bonds is 2. The Morgan fingerprint density at radius 2 is 2.20 bits per heavy atom. The molecule has 20 heavy (non-hydrogen) atoms. The summed E-state index contributed by atoms with van der Waals surface area (Å²) in [5, 5.41) is 0.914. The van der Waals surface area contributed by atoms with Gasteiger partial charge in [0.05, 0.1) is 18.3 Å². The maximum atomic E-state index is 11.8. The van der Waals surface area contributed by atoms with Crippen LogP contribution in [0.1, 0.15) is 16.2 Å². The fraction of sp³-hybridized carbons (Fsp3) is 0.133. The summed E-state index contributed by atoms with van der Waals surface area (Å²) < 4.78 is 4.78. The van der Waals surface area contributed by atoms with Gasteiger partial charge in [0.2, 0.25) is 0 Å². The van der Waals surface area contributed by atoms with Crippen molar-refractivity contribution in [3.63, 3.8) is 0 Å². The molecule has 0 aromatic carbocycles. The van der Waals surface area contributed by atoms with E-state index < -0.39 is 5.97 Å². The number of fused-ring (bicyclic) bond motifs is 1. The summed E-state index contributed by atoms with van der Waals surface area (Å²) in [7, 11) is 1.35. The summed E-state index contributed by atoms with van der Waals surface area (Å²) in [6.07, 6.45) is 3.57. The van der Waals surface area contributed by atoms with E-state index in [9.17, 15) is 4.79 Å². The SMILES string of the molecule is COC(=O)c1nc(C)cc2c(-c3ccccn3)c[nH]c12. The molecule has 0 saturated heterocycles. The third kappa shape index (κ3) is 1.93. The molecular formula is C15H13N3O2. The molecule has 0 aliphatic heterocycles. The Hall–Kier alpha value is -2.69. The van der Waals surface area contributed by atoms with Gasteiger partial charge in [-0.2, -0.15) is 0 Å². The van der Waals surface area contributed by atoms with E-state index in [1.807, 2.05) is 37.4 Å². The van der Waals surface area contributed by atoms with Crippen LogP contribution in [0.25, 0.3) is 22.2 Å². The van der Waals surface area contributed by atoms with E-state index in [4.69, 9.17) is 4.74 Å². The van der Waals surface area contributed by atoms with Crippen LogP contribution in [-0.4, -0.2) is 28.0 Å². The van der Waals surface area contributed by atoms with Crippen LogP contribution in [0.4, 0.5) is 0 Å². The van der Waals surface area contributed by atoms with Crippen molar-refractivity contribution in [1.29, 1.82) is 0 Å². The van der Waals surface area contributed by atoms with Crippen molar-refractivity contribution < 1.29 is 9.53 Å². The predicted molar refractivity (Wildman–Crippen MR) is 75.4 cm³/mol. The molecule has 0 bridgehead atoms. The number of aryl methyl sites for hydroxylation is 1. The second kappa shape index (κ2) is 4.77. The fourth-order valence-corrected chi connectivity index (χ4v) is 2.23. The highest BCUT2D eigenvalue weighted by Crippen LogP contribution is 2.29. The van der Waals surface area contributed by atoms with E-state index in [2.05, 4.69) is 15.0 Å². The van der Waals surface area contributed by atoms with Crippen LogP contribution < -0.4 is 0 Å². The molecule has 1 N–H and O–H groups in total. The van der Waals surface area contributed by atoms with Gasteiger partial charge in [0.15, 0.2) is 5.69 Å². The Kier molecular flexibility index (Phi) is 2.95. The molecule has 5 nitrogen and oxygen atoms in total.